The first-order valence-electron chi connectivity index (χ1n) is 3.55. The second-order valence-corrected chi connectivity index (χ2v) is 4.57. The SMILES string of the molecule is O=CCC[Se]c1ccccc1. The molecule has 2 heteroatoms. The Kier molecular flexibility index (Phi) is 3.95. The summed E-state index contributed by atoms with van der Waals surface area (Å²) in [5.74, 6) is 0. The van der Waals surface area contributed by atoms with Crippen LogP contribution in [0.4, 0.5) is 0 Å². The maximum atomic E-state index is 10.0. The number of hydrogen-bond acceptors (Lipinski definition) is 1. The van der Waals surface area contributed by atoms with Gasteiger partial charge in [0.05, 0.1) is 0 Å². The third-order valence-corrected chi connectivity index (χ3v) is 3.44. The average Bonchev–Trinajstić information content (AvgIpc) is 2.07. The van der Waals surface area contributed by atoms with Crippen molar-refractivity contribution in [2.75, 3.05) is 0 Å². The number of carbonyl (C=O) groups is 1. The van der Waals surface area contributed by atoms with Gasteiger partial charge < -0.3 is 0 Å². The molecular formula is C9H10OSe. The van der Waals surface area contributed by atoms with E-state index in [9.17, 15) is 4.79 Å². The normalized spacial score (nSPS) is 9.45. The van der Waals surface area contributed by atoms with E-state index in [1.54, 1.807) is 0 Å². The number of rotatable bonds is 4. The average molecular weight is 213 g/mol. The molecule has 1 nitrogen and oxygen atoms in total. The maximum absolute atomic E-state index is 10.0. The topological polar surface area (TPSA) is 17.1 Å². The quantitative estimate of drug-likeness (QED) is 0.414. The molecule has 0 aliphatic heterocycles. The molecule has 0 radical (unpaired) electrons. The van der Waals surface area contributed by atoms with Crippen LogP contribution in [0, 0.1) is 0 Å². The van der Waals surface area contributed by atoms with Gasteiger partial charge in [-0.15, -0.1) is 0 Å². The standard InChI is InChI=1S/C9H10OSe/c10-7-4-8-11-9-5-2-1-3-6-9/h1-3,5-7H,4,8H2. The predicted octanol–water partition coefficient (Wildman–Crippen LogP) is 1.02. The summed E-state index contributed by atoms with van der Waals surface area (Å²) in [6.07, 6.45) is 1.69. The predicted molar refractivity (Wildman–Crippen MR) is 47.3 cm³/mol. The third-order valence-electron chi connectivity index (χ3n) is 1.25. The first-order valence-corrected chi connectivity index (χ1v) is 5.62. The first kappa shape index (κ1) is 8.51. The fourth-order valence-corrected chi connectivity index (χ4v) is 2.42. The first-order chi connectivity index (χ1) is 5.43. The summed E-state index contributed by atoms with van der Waals surface area (Å²) in [7, 11) is 0. The molecule has 58 valence electrons. The van der Waals surface area contributed by atoms with Crippen molar-refractivity contribution in [3.05, 3.63) is 30.3 Å². The van der Waals surface area contributed by atoms with Crippen LogP contribution in [0.1, 0.15) is 6.42 Å². The van der Waals surface area contributed by atoms with Crippen molar-refractivity contribution in [1.82, 2.24) is 0 Å². The molecule has 0 bridgehead atoms. The Bertz CT molecular complexity index is 208. The zero-order chi connectivity index (χ0) is 7.94. The zero-order valence-electron chi connectivity index (χ0n) is 6.19. The Labute approximate surface area is 73.0 Å². The Balaban J connectivity index is 2.33. The van der Waals surface area contributed by atoms with E-state index in [4.69, 9.17) is 0 Å². The van der Waals surface area contributed by atoms with Crippen LogP contribution in [0.3, 0.4) is 0 Å². The van der Waals surface area contributed by atoms with Crippen molar-refractivity contribution >= 4 is 25.7 Å². The van der Waals surface area contributed by atoms with Crippen LogP contribution in [0.15, 0.2) is 30.3 Å². The second kappa shape index (κ2) is 5.11. The van der Waals surface area contributed by atoms with Crippen LogP contribution in [-0.4, -0.2) is 21.2 Å². The Morgan fingerprint density at radius 2 is 2.00 bits per heavy atom. The summed E-state index contributed by atoms with van der Waals surface area (Å²) in [6.45, 7) is 0. The van der Waals surface area contributed by atoms with Crippen molar-refractivity contribution < 1.29 is 4.79 Å². The van der Waals surface area contributed by atoms with E-state index in [1.165, 1.54) is 4.46 Å². The summed E-state index contributed by atoms with van der Waals surface area (Å²) < 4.78 is 1.38. The molecule has 0 aliphatic rings. The van der Waals surface area contributed by atoms with Gasteiger partial charge in [-0.1, -0.05) is 0 Å². The van der Waals surface area contributed by atoms with Gasteiger partial charge in [-0.2, -0.15) is 0 Å². The van der Waals surface area contributed by atoms with Crippen LogP contribution in [0.2, 0.25) is 5.32 Å². The third kappa shape index (κ3) is 3.35. The Morgan fingerprint density at radius 3 is 2.64 bits per heavy atom. The molecular weight excluding hydrogens is 203 g/mol. The van der Waals surface area contributed by atoms with E-state index in [-0.39, 0.29) is 0 Å². The van der Waals surface area contributed by atoms with Gasteiger partial charge in [-0.25, -0.2) is 0 Å². The summed E-state index contributed by atoms with van der Waals surface area (Å²) in [5, 5.41) is 1.03. The number of benzene rings is 1. The van der Waals surface area contributed by atoms with Crippen LogP contribution in [0.5, 0.6) is 0 Å². The van der Waals surface area contributed by atoms with E-state index in [0.717, 1.165) is 11.6 Å². The molecule has 1 aromatic carbocycles. The molecule has 0 saturated heterocycles. The summed E-state index contributed by atoms with van der Waals surface area (Å²) in [6, 6.07) is 10.3. The van der Waals surface area contributed by atoms with Gasteiger partial charge >= 0.3 is 72.6 Å². The molecule has 0 saturated carbocycles. The number of carbonyl (C=O) groups excluding carboxylic acids is 1. The molecule has 0 aliphatic carbocycles. The van der Waals surface area contributed by atoms with Crippen molar-refractivity contribution in [2.45, 2.75) is 11.7 Å². The monoisotopic (exact) mass is 214 g/mol. The fraction of sp³-hybridized carbons (Fsp3) is 0.222. The van der Waals surface area contributed by atoms with Crippen LogP contribution in [-0.2, 0) is 4.79 Å². The Morgan fingerprint density at radius 1 is 1.27 bits per heavy atom. The molecule has 11 heavy (non-hydrogen) atoms. The zero-order valence-corrected chi connectivity index (χ0v) is 7.91. The van der Waals surface area contributed by atoms with Gasteiger partial charge in [0.25, 0.3) is 0 Å². The number of hydrogen-bond donors (Lipinski definition) is 0. The Hall–Kier alpha value is -0.591. The molecule has 0 amide bonds. The van der Waals surface area contributed by atoms with Crippen LogP contribution >= 0.6 is 0 Å². The van der Waals surface area contributed by atoms with E-state index in [2.05, 4.69) is 12.1 Å². The fourth-order valence-electron chi connectivity index (χ4n) is 0.742. The van der Waals surface area contributed by atoms with Crippen LogP contribution < -0.4 is 4.46 Å². The van der Waals surface area contributed by atoms with Gasteiger partial charge in [0.1, 0.15) is 0 Å². The molecule has 0 fully saturated rings. The molecule has 0 spiro atoms. The minimum atomic E-state index is 0.488. The molecule has 1 rings (SSSR count). The van der Waals surface area contributed by atoms with Gasteiger partial charge in [0.2, 0.25) is 0 Å². The molecule has 1 aromatic rings. The minimum absolute atomic E-state index is 0.488. The molecule has 0 atom stereocenters. The number of aldehydes is 1. The summed E-state index contributed by atoms with van der Waals surface area (Å²) in [4.78, 5) is 10.0. The van der Waals surface area contributed by atoms with Gasteiger partial charge in [-0.3, -0.25) is 0 Å². The summed E-state index contributed by atoms with van der Waals surface area (Å²) in [5.41, 5.74) is 0. The second-order valence-electron chi connectivity index (χ2n) is 2.12. The van der Waals surface area contributed by atoms with Crippen molar-refractivity contribution in [3.63, 3.8) is 0 Å². The molecule has 0 heterocycles. The van der Waals surface area contributed by atoms with Gasteiger partial charge in [0.15, 0.2) is 0 Å². The van der Waals surface area contributed by atoms with E-state index in [1.807, 2.05) is 18.2 Å². The molecule has 0 N–H and O–H groups in total. The van der Waals surface area contributed by atoms with E-state index in [0.29, 0.717) is 21.4 Å². The van der Waals surface area contributed by atoms with Gasteiger partial charge in [-0.05, 0) is 0 Å². The summed E-state index contributed by atoms with van der Waals surface area (Å²) >= 11 is 0.488. The van der Waals surface area contributed by atoms with Crippen molar-refractivity contribution in [2.24, 2.45) is 0 Å². The van der Waals surface area contributed by atoms with Gasteiger partial charge in [0, 0.05) is 0 Å². The van der Waals surface area contributed by atoms with Crippen LogP contribution in [0.25, 0.3) is 0 Å². The van der Waals surface area contributed by atoms with E-state index >= 15 is 0 Å². The molecule has 0 aromatic heterocycles. The van der Waals surface area contributed by atoms with E-state index < -0.39 is 0 Å². The molecule has 0 unspecified atom stereocenters. The van der Waals surface area contributed by atoms with Crippen molar-refractivity contribution in [3.8, 4) is 0 Å². The van der Waals surface area contributed by atoms with Crippen molar-refractivity contribution in [1.29, 1.82) is 0 Å².